The summed E-state index contributed by atoms with van der Waals surface area (Å²) >= 11 is 1.66. The normalized spacial score (nSPS) is 19.5. The molecule has 0 aliphatic carbocycles. The van der Waals surface area contributed by atoms with E-state index in [2.05, 4.69) is 28.2 Å². The molecule has 1 N–H and O–H groups in total. The monoisotopic (exact) mass is 346 g/mol. The van der Waals surface area contributed by atoms with E-state index in [1.165, 1.54) is 11.1 Å². The highest BCUT2D eigenvalue weighted by atomic mass is 32.1. The molecule has 1 aliphatic heterocycles. The number of urea groups is 1. The predicted molar refractivity (Wildman–Crippen MR) is 99.4 cm³/mol. The molecule has 6 heteroatoms. The van der Waals surface area contributed by atoms with Crippen LogP contribution in [0.15, 0.2) is 24.3 Å². The van der Waals surface area contributed by atoms with Gasteiger partial charge in [0.05, 0.1) is 16.3 Å². The van der Waals surface area contributed by atoms with E-state index in [-0.39, 0.29) is 12.1 Å². The average Bonchev–Trinajstić information content (AvgIpc) is 3.24. The van der Waals surface area contributed by atoms with Crippen LogP contribution in [0, 0.1) is 5.92 Å². The number of amides is 2. The summed E-state index contributed by atoms with van der Waals surface area (Å²) in [6.45, 7) is 8.31. The Hall–Kier alpha value is -1.66. The zero-order valence-corrected chi connectivity index (χ0v) is 15.5. The first-order chi connectivity index (χ1) is 11.6. The highest BCUT2D eigenvalue weighted by Gasteiger charge is 2.24. The third kappa shape index (κ3) is 3.70. The Morgan fingerprint density at radius 1 is 1.50 bits per heavy atom. The van der Waals surface area contributed by atoms with Crippen LogP contribution in [0.3, 0.4) is 0 Å². The molecule has 2 amide bonds. The summed E-state index contributed by atoms with van der Waals surface area (Å²) < 4.78 is 1.17. The number of hydrogen-bond acceptors (Lipinski definition) is 4. The average molecular weight is 347 g/mol. The first-order valence-corrected chi connectivity index (χ1v) is 9.48. The highest BCUT2D eigenvalue weighted by Crippen LogP contribution is 2.28. The topological polar surface area (TPSA) is 48.5 Å². The molecule has 2 heterocycles. The summed E-state index contributed by atoms with van der Waals surface area (Å²) in [5.74, 6) is 0.569. The van der Waals surface area contributed by atoms with E-state index in [1.54, 1.807) is 16.2 Å². The third-order valence-electron chi connectivity index (χ3n) is 4.93. The first kappa shape index (κ1) is 17.2. The van der Waals surface area contributed by atoms with Gasteiger partial charge in [0.1, 0.15) is 5.01 Å². The number of benzene rings is 1. The zero-order chi connectivity index (χ0) is 17.1. The first-order valence-electron chi connectivity index (χ1n) is 8.67. The van der Waals surface area contributed by atoms with Crippen LogP contribution in [-0.2, 0) is 0 Å². The molecule has 0 spiro atoms. The second-order valence-electron chi connectivity index (χ2n) is 6.54. The molecule has 1 saturated heterocycles. The Balaban J connectivity index is 1.56. The van der Waals surface area contributed by atoms with Crippen LogP contribution in [0.1, 0.15) is 31.3 Å². The fourth-order valence-electron chi connectivity index (χ4n) is 3.13. The Morgan fingerprint density at radius 2 is 2.29 bits per heavy atom. The lowest BCUT2D eigenvalue weighted by Crippen LogP contribution is -2.41. The molecule has 1 aliphatic rings. The van der Waals surface area contributed by atoms with Gasteiger partial charge < -0.3 is 15.1 Å². The molecule has 1 aromatic carbocycles. The molecule has 1 aromatic heterocycles. The largest absolute Gasteiger partial charge is 0.338 e. The number of likely N-dealkylation sites (tertiary alicyclic amines) is 1. The van der Waals surface area contributed by atoms with Gasteiger partial charge in [-0.15, -0.1) is 11.3 Å². The molecule has 2 atom stereocenters. The maximum Gasteiger partial charge on any atom is 0.317 e. The fourth-order valence-corrected chi connectivity index (χ4v) is 4.20. The standard InChI is InChI=1S/C18H26N4OS/c1-4-22-10-9-14(12-22)11-19-18(23)21(3)13(2)17-20-15-7-5-6-8-16(15)24-17/h5-8,13-14H,4,9-12H2,1-3H3,(H,19,23)/t13-,14-/m1/s1. The number of nitrogens with one attached hydrogen (secondary N) is 1. The van der Waals surface area contributed by atoms with Gasteiger partial charge in [-0.05, 0) is 44.5 Å². The van der Waals surface area contributed by atoms with Crippen LogP contribution in [-0.4, -0.2) is 54.0 Å². The SMILES string of the molecule is CCN1CC[C@H](CNC(=O)N(C)[C@H](C)c2nc3ccccc3s2)C1. The van der Waals surface area contributed by atoms with Gasteiger partial charge >= 0.3 is 6.03 Å². The van der Waals surface area contributed by atoms with Crippen LogP contribution in [0.4, 0.5) is 4.79 Å². The molecule has 24 heavy (non-hydrogen) atoms. The molecular weight excluding hydrogens is 320 g/mol. The number of aromatic nitrogens is 1. The second kappa shape index (κ2) is 7.49. The van der Waals surface area contributed by atoms with Crippen molar-refractivity contribution in [3.8, 4) is 0 Å². The Labute approximate surface area is 147 Å². The van der Waals surface area contributed by atoms with Crippen molar-refractivity contribution in [3.63, 3.8) is 0 Å². The molecular formula is C18H26N4OS. The zero-order valence-electron chi connectivity index (χ0n) is 14.7. The van der Waals surface area contributed by atoms with Gasteiger partial charge in [-0.1, -0.05) is 19.1 Å². The summed E-state index contributed by atoms with van der Waals surface area (Å²) in [5, 5.41) is 4.07. The van der Waals surface area contributed by atoms with Crippen LogP contribution in [0.5, 0.6) is 0 Å². The van der Waals surface area contributed by atoms with Gasteiger partial charge in [0.2, 0.25) is 0 Å². The van der Waals surface area contributed by atoms with Gasteiger partial charge in [-0.3, -0.25) is 0 Å². The van der Waals surface area contributed by atoms with Gasteiger partial charge in [-0.2, -0.15) is 0 Å². The summed E-state index contributed by atoms with van der Waals surface area (Å²) in [5.41, 5.74) is 1.00. The van der Waals surface area contributed by atoms with Crippen LogP contribution in [0.2, 0.25) is 0 Å². The van der Waals surface area contributed by atoms with E-state index in [0.717, 1.165) is 36.7 Å². The Kier molecular flexibility index (Phi) is 5.36. The summed E-state index contributed by atoms with van der Waals surface area (Å²) in [6, 6.07) is 8.06. The molecule has 0 unspecified atom stereocenters. The van der Waals surface area contributed by atoms with Crippen LogP contribution >= 0.6 is 11.3 Å². The van der Waals surface area contributed by atoms with E-state index >= 15 is 0 Å². The molecule has 130 valence electrons. The summed E-state index contributed by atoms with van der Waals surface area (Å²) in [6.07, 6.45) is 1.17. The van der Waals surface area contributed by atoms with Crippen molar-refractivity contribution in [2.45, 2.75) is 26.3 Å². The van der Waals surface area contributed by atoms with E-state index in [4.69, 9.17) is 0 Å². The number of fused-ring (bicyclic) bond motifs is 1. The smallest absolute Gasteiger partial charge is 0.317 e. The lowest BCUT2D eigenvalue weighted by molar-refractivity contribution is 0.192. The van der Waals surface area contributed by atoms with E-state index < -0.39 is 0 Å². The van der Waals surface area contributed by atoms with E-state index in [1.807, 2.05) is 32.2 Å². The quantitative estimate of drug-likeness (QED) is 0.903. The molecule has 2 aromatic rings. The lowest BCUT2D eigenvalue weighted by Gasteiger charge is -2.24. The minimum absolute atomic E-state index is 0.0169. The second-order valence-corrected chi connectivity index (χ2v) is 7.60. The van der Waals surface area contributed by atoms with Crippen molar-refractivity contribution in [1.82, 2.24) is 20.1 Å². The Morgan fingerprint density at radius 3 is 3.00 bits per heavy atom. The number of para-hydroxylation sites is 1. The maximum atomic E-state index is 12.5. The van der Waals surface area contributed by atoms with Crippen molar-refractivity contribution in [2.75, 3.05) is 33.2 Å². The Bertz CT molecular complexity index is 668. The minimum atomic E-state index is -0.0295. The van der Waals surface area contributed by atoms with E-state index in [0.29, 0.717) is 5.92 Å². The van der Waals surface area contributed by atoms with Crippen LogP contribution < -0.4 is 5.32 Å². The summed E-state index contributed by atoms with van der Waals surface area (Å²) in [7, 11) is 1.85. The fraction of sp³-hybridized carbons (Fsp3) is 0.556. The van der Waals surface area contributed by atoms with Gasteiger partial charge in [0, 0.05) is 20.1 Å². The number of carbonyl (C=O) groups is 1. The summed E-state index contributed by atoms with van der Waals surface area (Å²) in [4.78, 5) is 21.3. The van der Waals surface area contributed by atoms with Gasteiger partial charge in [-0.25, -0.2) is 9.78 Å². The maximum absolute atomic E-state index is 12.5. The predicted octanol–water partition coefficient (Wildman–Crippen LogP) is 3.34. The molecule has 0 bridgehead atoms. The third-order valence-corrected chi connectivity index (χ3v) is 6.13. The molecule has 5 nitrogen and oxygen atoms in total. The van der Waals surface area contributed by atoms with Crippen molar-refractivity contribution in [2.24, 2.45) is 5.92 Å². The number of carbonyl (C=O) groups excluding carboxylic acids is 1. The molecule has 0 saturated carbocycles. The molecule has 3 rings (SSSR count). The number of rotatable bonds is 5. The van der Waals surface area contributed by atoms with Crippen molar-refractivity contribution in [1.29, 1.82) is 0 Å². The molecule has 1 fully saturated rings. The number of nitrogens with zero attached hydrogens (tertiary/aromatic N) is 3. The van der Waals surface area contributed by atoms with Crippen molar-refractivity contribution >= 4 is 27.6 Å². The van der Waals surface area contributed by atoms with Crippen LogP contribution in [0.25, 0.3) is 10.2 Å². The van der Waals surface area contributed by atoms with Crippen molar-refractivity contribution < 1.29 is 4.79 Å². The minimum Gasteiger partial charge on any atom is -0.338 e. The van der Waals surface area contributed by atoms with Crippen molar-refractivity contribution in [3.05, 3.63) is 29.3 Å². The van der Waals surface area contributed by atoms with Gasteiger partial charge in [0.15, 0.2) is 0 Å². The van der Waals surface area contributed by atoms with Gasteiger partial charge in [0.25, 0.3) is 0 Å². The number of hydrogen-bond donors (Lipinski definition) is 1. The highest BCUT2D eigenvalue weighted by molar-refractivity contribution is 7.18. The van der Waals surface area contributed by atoms with E-state index in [9.17, 15) is 4.79 Å². The molecule has 0 radical (unpaired) electrons. The number of thiazole rings is 1. The lowest BCUT2D eigenvalue weighted by atomic mass is 10.1.